The number of rotatable bonds is 14. The van der Waals surface area contributed by atoms with Gasteiger partial charge in [0.1, 0.15) is 25.3 Å². The van der Waals surface area contributed by atoms with Gasteiger partial charge in [-0.3, -0.25) is 5.10 Å². The molecule has 0 aliphatic carbocycles. The zero-order valence-corrected chi connectivity index (χ0v) is 34.5. The number of amides is 2. The summed E-state index contributed by atoms with van der Waals surface area (Å²) >= 11 is 0. The molecule has 4 atom stereocenters. The van der Waals surface area contributed by atoms with Crippen molar-refractivity contribution >= 4 is 25.0 Å². The van der Waals surface area contributed by atoms with Gasteiger partial charge in [0.05, 0.1) is 23.8 Å². The normalized spacial score (nSPS) is 20.9. The molecule has 0 spiro atoms. The molecule has 4 heterocycles. The zero-order valence-electron chi connectivity index (χ0n) is 33.5. The van der Waals surface area contributed by atoms with Gasteiger partial charge in [-0.1, -0.05) is 105 Å². The van der Waals surface area contributed by atoms with Gasteiger partial charge in [0.2, 0.25) is 0 Å². The Labute approximate surface area is 336 Å². The summed E-state index contributed by atoms with van der Waals surface area (Å²) in [7, 11) is -1.20. The highest BCUT2D eigenvalue weighted by Crippen LogP contribution is 2.41. The summed E-state index contributed by atoms with van der Waals surface area (Å²) in [6.07, 6.45) is 3.81. The van der Waals surface area contributed by atoms with Crippen LogP contribution >= 0.6 is 0 Å². The fraction of sp³-hybridized carbons (Fsp3) is 0.378. The van der Waals surface area contributed by atoms with Crippen molar-refractivity contribution in [2.45, 2.75) is 102 Å². The first-order valence-electron chi connectivity index (χ1n) is 20.0. The van der Waals surface area contributed by atoms with Crippen LogP contribution < -0.4 is 0 Å². The molecule has 2 amide bonds. The van der Waals surface area contributed by atoms with E-state index >= 15 is 4.79 Å². The molecule has 0 radical (unpaired) electrons. The number of fused-ring (bicyclic) bond motifs is 2. The van der Waals surface area contributed by atoms with E-state index in [1.165, 1.54) is 6.33 Å². The second kappa shape index (κ2) is 16.4. The minimum absolute atomic E-state index is 0.0621. The van der Waals surface area contributed by atoms with Gasteiger partial charge in [-0.2, -0.15) is 10.2 Å². The predicted octanol–water partition coefficient (Wildman–Crippen LogP) is 8.31. The number of H-pyrrole nitrogens is 1. The molecular formula is C45H53N7O4Si. The SMILES string of the molecule is CC1(C)O[C@@H]2[C@@H](O1)[C@@H](Cc1ccccc1)N(Cc1ccc3c(cnn3COCC[Si](C)(C)C)c1)C(=O)N(Cc1cccc(-c3ncn[nH]3)c1)[C@@H]2Cc1ccccc1. The molecule has 2 aliphatic rings. The Morgan fingerprint density at radius 1 is 0.772 bits per heavy atom. The standard InChI is InChI=1S/C45H53N7O4Si/c1-45(2)55-41-39(25-32-13-8-6-9-14-32)50(28-34-17-12-18-36(23-34)43-46-30-47-49-43)44(53)51(40(42(41)56-45)26-33-15-10-7-11-16-33)29-35-19-20-38-37(24-35)27-48-52(38)31-54-21-22-57(3,4)5/h6-20,23-24,27,30,39-42H,21-22,25-26,28-29,31H2,1-5H3,(H,46,47,49)/t39-,40-,41+,42+/m1/s1. The number of hydrogen-bond donors (Lipinski definition) is 1. The molecule has 6 aromatic rings. The van der Waals surface area contributed by atoms with Crippen molar-refractivity contribution in [1.29, 1.82) is 0 Å². The smallest absolute Gasteiger partial charge is 0.321 e. The number of benzene rings is 4. The van der Waals surface area contributed by atoms with Gasteiger partial charge in [0, 0.05) is 38.7 Å². The van der Waals surface area contributed by atoms with Crippen LogP contribution in [0.25, 0.3) is 22.3 Å². The average molecular weight is 784 g/mol. The fourth-order valence-electron chi connectivity index (χ4n) is 8.17. The Balaban J connectivity index is 1.18. The van der Waals surface area contributed by atoms with E-state index in [4.69, 9.17) is 14.2 Å². The van der Waals surface area contributed by atoms with Gasteiger partial charge in [-0.05, 0) is 73.2 Å². The molecule has 2 saturated heterocycles. The van der Waals surface area contributed by atoms with E-state index in [2.05, 4.69) is 119 Å². The summed E-state index contributed by atoms with van der Waals surface area (Å²) < 4.78 is 21.8. The number of ether oxygens (including phenoxy) is 3. The van der Waals surface area contributed by atoms with E-state index in [1.807, 2.05) is 58.8 Å². The summed E-state index contributed by atoms with van der Waals surface area (Å²) in [5.41, 5.74) is 6.15. The molecule has 2 aromatic heterocycles. The van der Waals surface area contributed by atoms with Gasteiger partial charge in [-0.15, -0.1) is 0 Å². The Morgan fingerprint density at radius 2 is 1.39 bits per heavy atom. The van der Waals surface area contributed by atoms with Crippen LogP contribution in [0.3, 0.4) is 0 Å². The lowest BCUT2D eigenvalue weighted by Crippen LogP contribution is -2.51. The highest BCUT2D eigenvalue weighted by molar-refractivity contribution is 6.76. The third-order valence-electron chi connectivity index (χ3n) is 11.0. The van der Waals surface area contributed by atoms with Crippen molar-refractivity contribution in [3.05, 3.63) is 138 Å². The Morgan fingerprint density at radius 3 is 1.98 bits per heavy atom. The van der Waals surface area contributed by atoms with Crippen molar-refractivity contribution in [1.82, 2.24) is 34.8 Å². The van der Waals surface area contributed by atoms with E-state index in [-0.39, 0.29) is 18.1 Å². The summed E-state index contributed by atoms with van der Waals surface area (Å²) in [5, 5.41) is 12.7. The quantitative estimate of drug-likeness (QED) is 0.0874. The van der Waals surface area contributed by atoms with Crippen LogP contribution in [0.2, 0.25) is 25.7 Å². The van der Waals surface area contributed by atoms with E-state index in [0.717, 1.165) is 51.4 Å². The molecule has 2 aliphatic heterocycles. The van der Waals surface area contributed by atoms with E-state index in [1.54, 1.807) is 0 Å². The monoisotopic (exact) mass is 783 g/mol. The number of hydrogen-bond acceptors (Lipinski definition) is 7. The molecule has 11 nitrogen and oxygen atoms in total. The lowest BCUT2D eigenvalue weighted by Gasteiger charge is -2.37. The number of nitrogens with one attached hydrogen (secondary N) is 1. The van der Waals surface area contributed by atoms with Gasteiger partial charge >= 0.3 is 6.03 Å². The number of aromatic nitrogens is 5. The maximum absolute atomic E-state index is 15.6. The van der Waals surface area contributed by atoms with Crippen LogP contribution in [0.15, 0.2) is 116 Å². The lowest BCUT2D eigenvalue weighted by molar-refractivity contribution is -0.157. The predicted molar refractivity (Wildman–Crippen MR) is 224 cm³/mol. The molecule has 4 aromatic carbocycles. The highest BCUT2D eigenvalue weighted by atomic mass is 28.3. The highest BCUT2D eigenvalue weighted by Gasteiger charge is 2.55. The summed E-state index contributed by atoms with van der Waals surface area (Å²) in [6, 6.07) is 35.7. The molecule has 12 heteroatoms. The number of carbonyl (C=O) groups excluding carboxylic acids is 1. The van der Waals surface area contributed by atoms with E-state index in [9.17, 15) is 0 Å². The van der Waals surface area contributed by atoms with Gasteiger partial charge in [-0.25, -0.2) is 14.5 Å². The van der Waals surface area contributed by atoms with Crippen LogP contribution in [-0.4, -0.2) is 85.6 Å². The van der Waals surface area contributed by atoms with Crippen molar-refractivity contribution in [2.75, 3.05) is 6.61 Å². The van der Waals surface area contributed by atoms with Crippen molar-refractivity contribution in [3.63, 3.8) is 0 Å². The molecule has 57 heavy (non-hydrogen) atoms. The van der Waals surface area contributed by atoms with Crippen LogP contribution in [0, 0.1) is 0 Å². The molecular weight excluding hydrogens is 731 g/mol. The van der Waals surface area contributed by atoms with E-state index in [0.29, 0.717) is 38.5 Å². The zero-order chi connectivity index (χ0) is 39.6. The van der Waals surface area contributed by atoms with Gasteiger partial charge < -0.3 is 24.0 Å². The third-order valence-corrected chi connectivity index (χ3v) is 12.7. The van der Waals surface area contributed by atoms with Gasteiger partial charge in [0.15, 0.2) is 11.6 Å². The first kappa shape index (κ1) is 38.7. The summed E-state index contributed by atoms with van der Waals surface area (Å²) in [6.45, 7) is 12.9. The number of carbonyl (C=O) groups is 1. The first-order chi connectivity index (χ1) is 27.5. The largest absolute Gasteiger partial charge is 0.360 e. The van der Waals surface area contributed by atoms with Crippen LogP contribution in [0.5, 0.6) is 0 Å². The second-order valence-electron chi connectivity index (χ2n) is 17.0. The minimum atomic E-state index is -1.20. The minimum Gasteiger partial charge on any atom is -0.360 e. The fourth-order valence-corrected chi connectivity index (χ4v) is 8.93. The molecule has 8 rings (SSSR count). The Kier molecular flexibility index (Phi) is 11.1. The molecule has 1 N–H and O–H groups in total. The van der Waals surface area contributed by atoms with Crippen LogP contribution in [0.4, 0.5) is 4.79 Å². The third kappa shape index (κ3) is 9.04. The maximum atomic E-state index is 15.6. The lowest BCUT2D eigenvalue weighted by atomic mass is 9.91. The van der Waals surface area contributed by atoms with Crippen LogP contribution in [0.1, 0.15) is 36.1 Å². The van der Waals surface area contributed by atoms with Crippen molar-refractivity contribution < 1.29 is 19.0 Å². The van der Waals surface area contributed by atoms with Crippen LogP contribution in [-0.2, 0) is 46.9 Å². The topological polar surface area (TPSA) is 111 Å². The number of aromatic amines is 1. The number of urea groups is 1. The molecule has 0 bridgehead atoms. The maximum Gasteiger partial charge on any atom is 0.321 e. The van der Waals surface area contributed by atoms with E-state index < -0.39 is 26.1 Å². The summed E-state index contributed by atoms with van der Waals surface area (Å²) in [4.78, 5) is 24.1. The van der Waals surface area contributed by atoms with Crippen molar-refractivity contribution in [2.24, 2.45) is 0 Å². The summed E-state index contributed by atoms with van der Waals surface area (Å²) in [5.74, 6) is -0.177. The molecule has 0 saturated carbocycles. The average Bonchev–Trinajstić information content (AvgIpc) is 3.95. The Bertz CT molecular complexity index is 2260. The number of nitrogens with zero attached hydrogens (tertiary/aromatic N) is 6. The van der Waals surface area contributed by atoms with Gasteiger partial charge in [0.25, 0.3) is 0 Å². The first-order valence-corrected chi connectivity index (χ1v) is 23.7. The Hall–Kier alpha value is -5.14. The molecule has 0 unspecified atom stereocenters. The molecule has 2 fully saturated rings. The molecule has 296 valence electrons. The van der Waals surface area contributed by atoms with Crippen molar-refractivity contribution in [3.8, 4) is 11.4 Å². The second-order valence-corrected chi connectivity index (χ2v) is 22.7.